The van der Waals surface area contributed by atoms with Gasteiger partial charge in [-0.3, -0.25) is 0 Å². The van der Waals surface area contributed by atoms with E-state index in [1.165, 1.54) is 6.07 Å². The Morgan fingerprint density at radius 2 is 1.78 bits per heavy atom. The molecular formula is C14H12ClO2S. The highest BCUT2D eigenvalue weighted by Gasteiger charge is 2.20. The molecule has 0 aliphatic carbocycles. The summed E-state index contributed by atoms with van der Waals surface area (Å²) in [7, 11) is -3.52. The van der Waals surface area contributed by atoms with E-state index < -0.39 is 9.84 Å². The summed E-state index contributed by atoms with van der Waals surface area (Å²) in [4.78, 5) is 0.518. The fourth-order valence-electron chi connectivity index (χ4n) is 1.78. The standard InChI is InChI=1S/C14H12ClO2S/c1-10-7-12(15)9-13(8-10)18(16,17)14-6-4-3-5-11(14)2/h3-6,8-9H,1-2H3. The summed E-state index contributed by atoms with van der Waals surface area (Å²) in [6.45, 7) is 3.54. The molecule has 0 aliphatic heterocycles. The van der Waals surface area contributed by atoms with Crippen molar-refractivity contribution in [3.05, 3.63) is 58.6 Å². The second kappa shape index (κ2) is 4.75. The van der Waals surface area contributed by atoms with Crippen LogP contribution in [0.15, 0.2) is 46.2 Å². The van der Waals surface area contributed by atoms with E-state index in [1.54, 1.807) is 38.1 Å². The zero-order valence-corrected chi connectivity index (χ0v) is 11.6. The zero-order chi connectivity index (χ0) is 13.3. The molecule has 0 amide bonds. The molecule has 2 nitrogen and oxygen atoms in total. The third-order valence-corrected chi connectivity index (χ3v) is 4.73. The summed E-state index contributed by atoms with van der Waals surface area (Å²) >= 11 is 5.86. The van der Waals surface area contributed by atoms with Crippen LogP contribution in [0.3, 0.4) is 0 Å². The van der Waals surface area contributed by atoms with Crippen molar-refractivity contribution in [1.82, 2.24) is 0 Å². The highest BCUT2D eigenvalue weighted by atomic mass is 35.5. The van der Waals surface area contributed by atoms with E-state index >= 15 is 0 Å². The molecule has 2 aromatic rings. The Morgan fingerprint density at radius 1 is 1.11 bits per heavy atom. The Bertz CT molecular complexity index is 670. The fraction of sp³-hybridized carbons (Fsp3) is 0.143. The Morgan fingerprint density at radius 3 is 2.39 bits per heavy atom. The topological polar surface area (TPSA) is 34.1 Å². The maximum Gasteiger partial charge on any atom is 0.206 e. The Balaban J connectivity index is 2.66. The molecule has 4 heteroatoms. The van der Waals surface area contributed by atoms with Crippen LogP contribution >= 0.6 is 11.6 Å². The van der Waals surface area contributed by atoms with Gasteiger partial charge in [0.15, 0.2) is 0 Å². The minimum atomic E-state index is -3.52. The van der Waals surface area contributed by atoms with Crippen LogP contribution in [0.2, 0.25) is 5.02 Å². The van der Waals surface area contributed by atoms with Crippen LogP contribution in [0.5, 0.6) is 0 Å². The summed E-state index contributed by atoms with van der Waals surface area (Å²) in [5, 5.41) is 0.308. The van der Waals surface area contributed by atoms with Gasteiger partial charge in [-0.25, -0.2) is 8.42 Å². The molecular weight excluding hydrogens is 268 g/mol. The van der Waals surface area contributed by atoms with E-state index in [0.29, 0.717) is 15.5 Å². The summed E-state index contributed by atoms with van der Waals surface area (Å²) in [5.41, 5.74) is 1.42. The van der Waals surface area contributed by atoms with Crippen LogP contribution in [-0.2, 0) is 9.84 Å². The minimum Gasteiger partial charge on any atom is -0.219 e. The number of rotatable bonds is 2. The van der Waals surface area contributed by atoms with Gasteiger partial charge in [-0.2, -0.15) is 0 Å². The number of halogens is 1. The van der Waals surface area contributed by atoms with Gasteiger partial charge >= 0.3 is 0 Å². The van der Waals surface area contributed by atoms with E-state index in [2.05, 4.69) is 6.07 Å². The maximum atomic E-state index is 12.5. The van der Waals surface area contributed by atoms with Crippen LogP contribution in [0.4, 0.5) is 0 Å². The second-order valence-electron chi connectivity index (χ2n) is 4.12. The van der Waals surface area contributed by atoms with Crippen LogP contribution in [-0.4, -0.2) is 8.42 Å². The quantitative estimate of drug-likeness (QED) is 0.842. The number of hydrogen-bond donors (Lipinski definition) is 0. The number of aryl methyl sites for hydroxylation is 2. The Kier molecular flexibility index (Phi) is 3.46. The van der Waals surface area contributed by atoms with Gasteiger partial charge < -0.3 is 0 Å². The average molecular weight is 280 g/mol. The molecule has 0 fully saturated rings. The SMILES string of the molecule is Cc1[c]c(Cl)cc(S(=O)(=O)c2ccccc2C)c1. The molecule has 18 heavy (non-hydrogen) atoms. The van der Waals surface area contributed by atoms with Crippen molar-refractivity contribution < 1.29 is 8.42 Å². The second-order valence-corrected chi connectivity index (χ2v) is 6.44. The van der Waals surface area contributed by atoms with Gasteiger partial charge in [0, 0.05) is 6.07 Å². The van der Waals surface area contributed by atoms with Crippen molar-refractivity contribution in [2.45, 2.75) is 23.6 Å². The van der Waals surface area contributed by atoms with Gasteiger partial charge in [-0.1, -0.05) is 29.8 Å². The van der Waals surface area contributed by atoms with Crippen molar-refractivity contribution in [3.8, 4) is 0 Å². The summed E-state index contributed by atoms with van der Waals surface area (Å²) in [6, 6.07) is 12.8. The average Bonchev–Trinajstić information content (AvgIpc) is 2.28. The summed E-state index contributed by atoms with van der Waals surface area (Å²) in [6.07, 6.45) is 0. The van der Waals surface area contributed by atoms with Crippen molar-refractivity contribution in [3.63, 3.8) is 0 Å². The van der Waals surface area contributed by atoms with Crippen LogP contribution in [0, 0.1) is 19.9 Å². The lowest BCUT2D eigenvalue weighted by Gasteiger charge is -2.08. The van der Waals surface area contributed by atoms with E-state index in [1.807, 2.05) is 6.07 Å². The van der Waals surface area contributed by atoms with Crippen molar-refractivity contribution in [2.24, 2.45) is 0 Å². The molecule has 2 aromatic carbocycles. The molecule has 0 aromatic heterocycles. The monoisotopic (exact) mass is 279 g/mol. The zero-order valence-electron chi connectivity index (χ0n) is 10.1. The van der Waals surface area contributed by atoms with Gasteiger partial charge in [-0.05, 0) is 43.2 Å². The molecule has 1 radical (unpaired) electrons. The minimum absolute atomic E-state index is 0.207. The molecule has 2 rings (SSSR count). The van der Waals surface area contributed by atoms with Gasteiger partial charge in [0.05, 0.1) is 14.8 Å². The van der Waals surface area contributed by atoms with Gasteiger partial charge in [0.2, 0.25) is 9.84 Å². The number of sulfone groups is 1. The van der Waals surface area contributed by atoms with Gasteiger partial charge in [-0.15, -0.1) is 0 Å². The number of hydrogen-bond acceptors (Lipinski definition) is 2. The first kappa shape index (κ1) is 13.1. The lowest BCUT2D eigenvalue weighted by Crippen LogP contribution is -2.04. The first-order valence-electron chi connectivity index (χ1n) is 5.41. The molecule has 0 atom stereocenters. The molecule has 0 heterocycles. The normalized spacial score (nSPS) is 11.5. The van der Waals surface area contributed by atoms with E-state index in [4.69, 9.17) is 11.6 Å². The first-order chi connectivity index (χ1) is 8.41. The maximum absolute atomic E-state index is 12.5. The van der Waals surface area contributed by atoms with Crippen LogP contribution in [0.25, 0.3) is 0 Å². The lowest BCUT2D eigenvalue weighted by molar-refractivity contribution is 0.595. The molecule has 0 aliphatic rings. The van der Waals surface area contributed by atoms with E-state index in [9.17, 15) is 8.42 Å². The highest BCUT2D eigenvalue weighted by Crippen LogP contribution is 2.26. The lowest BCUT2D eigenvalue weighted by atomic mass is 10.2. The molecule has 0 spiro atoms. The van der Waals surface area contributed by atoms with Crippen LogP contribution < -0.4 is 0 Å². The van der Waals surface area contributed by atoms with Gasteiger partial charge in [0.25, 0.3) is 0 Å². The first-order valence-corrected chi connectivity index (χ1v) is 7.27. The fourth-order valence-corrected chi connectivity index (χ4v) is 3.72. The van der Waals surface area contributed by atoms with Crippen LogP contribution in [0.1, 0.15) is 11.1 Å². The van der Waals surface area contributed by atoms with Gasteiger partial charge in [0.1, 0.15) is 0 Å². The molecule has 0 bridgehead atoms. The third-order valence-electron chi connectivity index (χ3n) is 2.64. The third kappa shape index (κ3) is 2.42. The molecule has 93 valence electrons. The van der Waals surface area contributed by atoms with E-state index in [-0.39, 0.29) is 4.90 Å². The molecule has 0 N–H and O–H groups in total. The predicted octanol–water partition coefficient (Wildman–Crippen LogP) is 3.59. The van der Waals surface area contributed by atoms with Crippen molar-refractivity contribution >= 4 is 21.4 Å². The molecule has 0 saturated carbocycles. The highest BCUT2D eigenvalue weighted by molar-refractivity contribution is 7.91. The smallest absolute Gasteiger partial charge is 0.206 e. The Hall–Kier alpha value is -1.32. The summed E-state index contributed by atoms with van der Waals surface area (Å²) in [5.74, 6) is 0. The largest absolute Gasteiger partial charge is 0.219 e. The Labute approximate surface area is 112 Å². The molecule has 0 unspecified atom stereocenters. The van der Waals surface area contributed by atoms with Crippen molar-refractivity contribution in [2.75, 3.05) is 0 Å². The number of benzene rings is 2. The van der Waals surface area contributed by atoms with E-state index in [0.717, 1.165) is 5.56 Å². The molecule has 0 saturated heterocycles. The predicted molar refractivity (Wildman–Crippen MR) is 71.7 cm³/mol. The van der Waals surface area contributed by atoms with Crippen molar-refractivity contribution in [1.29, 1.82) is 0 Å². The summed E-state index contributed by atoms with van der Waals surface area (Å²) < 4.78 is 25.0.